The monoisotopic (exact) mass is 609 g/mol. The fourth-order valence-corrected chi connectivity index (χ4v) is 7.30. The summed E-state index contributed by atoms with van der Waals surface area (Å²) in [4.78, 5) is 12.6. The van der Waals surface area contributed by atoms with Gasteiger partial charge in [0.2, 0.25) is 0 Å². The zero-order chi connectivity index (χ0) is 30.3. The predicted molar refractivity (Wildman–Crippen MR) is 167 cm³/mol. The highest BCUT2D eigenvalue weighted by molar-refractivity contribution is 7.18. The first-order chi connectivity index (χ1) is 20.6. The number of benzene rings is 1. The highest BCUT2D eigenvalue weighted by Crippen LogP contribution is 2.34. The van der Waals surface area contributed by atoms with Crippen LogP contribution in [0.5, 0.6) is 0 Å². The molecule has 2 N–H and O–H groups in total. The van der Waals surface area contributed by atoms with Crippen LogP contribution in [0, 0.1) is 13.8 Å². The Morgan fingerprint density at radius 1 is 1.09 bits per heavy atom. The molecule has 11 heteroatoms. The Balaban J connectivity index is 1.12. The maximum absolute atomic E-state index is 13.0. The summed E-state index contributed by atoms with van der Waals surface area (Å²) in [5.41, 5.74) is 6.34. The zero-order valence-electron chi connectivity index (χ0n) is 25.1. The van der Waals surface area contributed by atoms with Crippen LogP contribution in [-0.2, 0) is 25.9 Å². The normalized spacial score (nSPS) is 16.0. The Morgan fingerprint density at radius 2 is 1.88 bits per heavy atom. The molecule has 7 nitrogen and oxygen atoms in total. The van der Waals surface area contributed by atoms with E-state index in [1.165, 1.54) is 27.7 Å². The maximum Gasteiger partial charge on any atom is 0.393 e. The number of hydrogen-bond acceptors (Lipinski definition) is 6. The molecule has 4 aromatic heterocycles. The number of nitrogens with one attached hydrogen (secondary N) is 2. The maximum atomic E-state index is 13.0. The molecule has 0 saturated carbocycles. The first kappa shape index (κ1) is 29.6. The molecule has 1 atom stereocenters. The molecular formula is C32H38F3N7S. The van der Waals surface area contributed by atoms with E-state index in [0.29, 0.717) is 34.2 Å². The van der Waals surface area contributed by atoms with Gasteiger partial charge >= 0.3 is 6.18 Å². The summed E-state index contributed by atoms with van der Waals surface area (Å²) in [5.74, 6) is 1.65. The van der Waals surface area contributed by atoms with Crippen molar-refractivity contribution in [1.82, 2.24) is 29.6 Å². The van der Waals surface area contributed by atoms with Crippen LogP contribution in [0.2, 0.25) is 0 Å². The summed E-state index contributed by atoms with van der Waals surface area (Å²) < 4.78 is 41.5. The van der Waals surface area contributed by atoms with Gasteiger partial charge in [-0.25, -0.2) is 9.97 Å². The average Bonchev–Trinajstić information content (AvgIpc) is 3.70. The second kappa shape index (κ2) is 11.9. The molecule has 228 valence electrons. The Kier molecular flexibility index (Phi) is 8.21. The summed E-state index contributed by atoms with van der Waals surface area (Å²) in [6.07, 6.45) is -0.866. The van der Waals surface area contributed by atoms with Crippen molar-refractivity contribution in [2.24, 2.45) is 0 Å². The number of aromatic nitrogens is 5. The second-order valence-electron chi connectivity index (χ2n) is 11.9. The lowest BCUT2D eigenvalue weighted by Crippen LogP contribution is -2.39. The van der Waals surface area contributed by atoms with Gasteiger partial charge in [-0.3, -0.25) is 10.00 Å². The molecule has 1 aliphatic rings. The van der Waals surface area contributed by atoms with Gasteiger partial charge in [0.15, 0.2) is 0 Å². The fourth-order valence-electron chi connectivity index (χ4n) is 6.22. The number of aromatic amines is 1. The summed E-state index contributed by atoms with van der Waals surface area (Å²) in [6, 6.07) is 10.7. The smallest absolute Gasteiger partial charge is 0.367 e. The van der Waals surface area contributed by atoms with Crippen LogP contribution >= 0.6 is 11.3 Å². The number of H-pyrrole nitrogens is 1. The van der Waals surface area contributed by atoms with Crippen LogP contribution in [0.3, 0.4) is 0 Å². The average molecular weight is 610 g/mol. The zero-order valence-corrected chi connectivity index (χ0v) is 25.9. The molecule has 1 aliphatic heterocycles. The molecule has 1 aromatic carbocycles. The first-order valence-corrected chi connectivity index (χ1v) is 15.8. The molecule has 0 spiro atoms. The Morgan fingerprint density at radius 3 is 2.58 bits per heavy atom. The van der Waals surface area contributed by atoms with Crippen molar-refractivity contribution in [3.63, 3.8) is 0 Å². The van der Waals surface area contributed by atoms with E-state index in [4.69, 9.17) is 0 Å². The van der Waals surface area contributed by atoms with Crippen molar-refractivity contribution < 1.29 is 13.2 Å². The number of alkyl halides is 3. The Hall–Kier alpha value is -3.44. The van der Waals surface area contributed by atoms with Crippen molar-refractivity contribution in [2.45, 2.75) is 84.6 Å². The van der Waals surface area contributed by atoms with Gasteiger partial charge in [-0.1, -0.05) is 19.9 Å². The highest BCUT2D eigenvalue weighted by atomic mass is 32.1. The number of halogens is 3. The first-order valence-electron chi connectivity index (χ1n) is 15.0. The topological polar surface area (TPSA) is 74.7 Å². The number of thiophene rings is 1. The van der Waals surface area contributed by atoms with E-state index in [1.54, 1.807) is 12.3 Å². The minimum Gasteiger partial charge on any atom is -0.367 e. The van der Waals surface area contributed by atoms with E-state index in [0.717, 1.165) is 56.1 Å². The molecule has 0 radical (unpaired) electrons. The van der Waals surface area contributed by atoms with E-state index < -0.39 is 12.6 Å². The van der Waals surface area contributed by atoms with E-state index in [9.17, 15) is 13.2 Å². The quantitative estimate of drug-likeness (QED) is 0.181. The number of likely N-dealkylation sites (tertiary alicyclic amines) is 1. The van der Waals surface area contributed by atoms with Crippen LogP contribution in [0.4, 0.5) is 19.0 Å². The van der Waals surface area contributed by atoms with Crippen molar-refractivity contribution in [2.75, 3.05) is 18.4 Å². The summed E-state index contributed by atoms with van der Waals surface area (Å²) in [5, 5.41) is 12.8. The molecule has 1 fully saturated rings. The number of fused-ring (bicyclic) bond motifs is 2. The van der Waals surface area contributed by atoms with Crippen LogP contribution in [0.1, 0.15) is 65.8 Å². The number of piperidine rings is 1. The van der Waals surface area contributed by atoms with Crippen LogP contribution in [0.25, 0.3) is 21.1 Å². The minimum atomic E-state index is -4.24. The molecule has 1 unspecified atom stereocenters. The number of rotatable bonds is 9. The number of hydrogen-bond donors (Lipinski definition) is 2. The molecule has 5 aromatic rings. The van der Waals surface area contributed by atoms with Crippen molar-refractivity contribution >= 4 is 38.3 Å². The van der Waals surface area contributed by atoms with E-state index >= 15 is 0 Å². The van der Waals surface area contributed by atoms with E-state index in [2.05, 4.69) is 73.9 Å². The molecule has 1 saturated heterocycles. The van der Waals surface area contributed by atoms with E-state index in [1.807, 2.05) is 13.0 Å². The SMILES string of the molecule is CCc1nc(NC2CCN(Cc3ccc4c(cc(C)n4CC(C)c4ccn[nH]4)c3C)CC2)c2cc(CC(F)(F)F)sc2n1. The van der Waals surface area contributed by atoms with Gasteiger partial charge in [0, 0.05) is 77.9 Å². The predicted octanol–water partition coefficient (Wildman–Crippen LogP) is 7.53. The third kappa shape index (κ3) is 6.43. The molecule has 0 bridgehead atoms. The van der Waals surface area contributed by atoms with Crippen LogP contribution < -0.4 is 5.32 Å². The minimum absolute atomic E-state index is 0.210. The number of nitrogens with zero attached hydrogens (tertiary/aromatic N) is 5. The van der Waals surface area contributed by atoms with Gasteiger partial charge in [0.25, 0.3) is 0 Å². The summed E-state index contributed by atoms with van der Waals surface area (Å²) in [6.45, 7) is 12.3. The lowest BCUT2D eigenvalue weighted by atomic mass is 10.0. The fraction of sp³-hybridized carbons (Fsp3) is 0.469. The van der Waals surface area contributed by atoms with Crippen LogP contribution in [-0.4, -0.2) is 54.9 Å². The Bertz CT molecular complexity index is 1710. The largest absolute Gasteiger partial charge is 0.393 e. The lowest BCUT2D eigenvalue weighted by molar-refractivity contribution is -0.126. The lowest BCUT2D eigenvalue weighted by Gasteiger charge is -2.33. The summed E-state index contributed by atoms with van der Waals surface area (Å²) in [7, 11) is 0. The van der Waals surface area contributed by atoms with E-state index in [-0.39, 0.29) is 10.9 Å². The molecule has 0 amide bonds. The van der Waals surface area contributed by atoms with Gasteiger partial charge in [-0.15, -0.1) is 11.3 Å². The Labute approximate surface area is 253 Å². The number of anilines is 1. The molecule has 0 aliphatic carbocycles. The van der Waals surface area contributed by atoms with Gasteiger partial charge < -0.3 is 9.88 Å². The molecule has 5 heterocycles. The van der Waals surface area contributed by atoms with Crippen LogP contribution in [0.15, 0.2) is 36.5 Å². The summed E-state index contributed by atoms with van der Waals surface area (Å²) >= 11 is 1.11. The highest BCUT2D eigenvalue weighted by Gasteiger charge is 2.29. The van der Waals surface area contributed by atoms with Crippen molar-refractivity contribution in [3.8, 4) is 0 Å². The third-order valence-electron chi connectivity index (χ3n) is 8.69. The molecular weight excluding hydrogens is 571 g/mol. The number of aryl methyl sites for hydroxylation is 3. The van der Waals surface area contributed by atoms with Crippen molar-refractivity contribution in [3.05, 3.63) is 69.7 Å². The van der Waals surface area contributed by atoms with Gasteiger partial charge in [0.05, 0.1) is 11.8 Å². The third-order valence-corrected chi connectivity index (χ3v) is 9.72. The van der Waals surface area contributed by atoms with Crippen molar-refractivity contribution in [1.29, 1.82) is 0 Å². The van der Waals surface area contributed by atoms with Gasteiger partial charge in [-0.05, 0) is 62.1 Å². The van der Waals surface area contributed by atoms with Gasteiger partial charge in [0.1, 0.15) is 16.5 Å². The standard InChI is InChI=1S/C32H38F3N7S/c1-5-29-38-30(26-15-24(16-32(33,34)35)43-31(26)39-29)37-23-9-12-41(13-10-23)18-22-6-7-28-25(21(22)4)14-20(3)42(28)17-19(2)27-8-11-36-40-27/h6-8,11,14-15,19,23H,5,9-10,12-13,16-18H2,1-4H3,(H,36,40)(H,37,38,39). The molecule has 6 rings (SSSR count). The second-order valence-corrected chi connectivity index (χ2v) is 13.0. The molecule has 43 heavy (non-hydrogen) atoms. The van der Waals surface area contributed by atoms with Gasteiger partial charge in [-0.2, -0.15) is 18.3 Å².